The highest BCUT2D eigenvalue weighted by atomic mass is 32.1. The molecule has 3 aromatic heterocycles. The maximum Gasteiger partial charge on any atom is 0.264 e. The highest BCUT2D eigenvalue weighted by Gasteiger charge is 2.29. The van der Waals surface area contributed by atoms with E-state index in [1.165, 1.54) is 16.9 Å². The molecular weight excluding hydrogens is 442 g/mol. The van der Waals surface area contributed by atoms with Crippen molar-refractivity contribution in [3.8, 4) is 0 Å². The van der Waals surface area contributed by atoms with E-state index in [-0.39, 0.29) is 5.91 Å². The van der Waals surface area contributed by atoms with Crippen molar-refractivity contribution < 1.29 is 4.79 Å². The molecule has 1 fully saturated rings. The molecule has 0 spiro atoms. The van der Waals surface area contributed by atoms with Crippen molar-refractivity contribution >= 4 is 33.3 Å². The predicted molar refractivity (Wildman–Crippen MR) is 138 cm³/mol. The van der Waals surface area contributed by atoms with E-state index in [0.29, 0.717) is 5.92 Å². The van der Waals surface area contributed by atoms with Gasteiger partial charge in [-0.25, -0.2) is 9.97 Å². The van der Waals surface area contributed by atoms with Gasteiger partial charge >= 0.3 is 0 Å². The van der Waals surface area contributed by atoms with Crippen LogP contribution in [0.1, 0.15) is 45.3 Å². The lowest BCUT2D eigenvalue weighted by molar-refractivity contribution is 0.0711. The standard InChI is InChI=1S/C27H29N5OS/c1-19-23-25(31(2)16-13-22-12-6-7-14-28-22)29-18-30-26(23)34-24(19)27(33)32-15-8-11-21(17-32)20-9-4-3-5-10-20/h3-7,9-10,12,14,18,21H,8,11,13,15-17H2,1-2H3/t21-/m1/s1. The monoisotopic (exact) mass is 471 g/mol. The van der Waals surface area contributed by atoms with E-state index in [1.54, 1.807) is 6.33 Å². The summed E-state index contributed by atoms with van der Waals surface area (Å²) >= 11 is 1.49. The fourth-order valence-electron chi connectivity index (χ4n) is 4.78. The highest BCUT2D eigenvalue weighted by molar-refractivity contribution is 7.20. The van der Waals surface area contributed by atoms with Gasteiger partial charge in [0.1, 0.15) is 17.0 Å². The zero-order valence-corrected chi connectivity index (χ0v) is 20.5. The number of fused-ring (bicyclic) bond motifs is 1. The Kier molecular flexibility index (Phi) is 6.54. The Morgan fingerprint density at radius 3 is 2.74 bits per heavy atom. The molecule has 5 rings (SSSR count). The number of piperidine rings is 1. The summed E-state index contributed by atoms with van der Waals surface area (Å²) in [5.41, 5.74) is 3.35. The summed E-state index contributed by atoms with van der Waals surface area (Å²) in [6, 6.07) is 16.5. The number of amides is 1. The first kappa shape index (κ1) is 22.5. The number of hydrogen-bond acceptors (Lipinski definition) is 6. The number of likely N-dealkylation sites (tertiary alicyclic amines) is 1. The first-order chi connectivity index (χ1) is 16.6. The van der Waals surface area contributed by atoms with Crippen LogP contribution in [0.2, 0.25) is 0 Å². The van der Waals surface area contributed by atoms with Gasteiger partial charge in [-0.05, 0) is 43.0 Å². The molecule has 0 saturated carbocycles. The fourth-order valence-corrected chi connectivity index (χ4v) is 5.89. The summed E-state index contributed by atoms with van der Waals surface area (Å²) in [5, 5.41) is 0.982. The second kappa shape index (κ2) is 9.89. The van der Waals surface area contributed by atoms with Crippen molar-refractivity contribution in [3.05, 3.63) is 82.8 Å². The van der Waals surface area contributed by atoms with Gasteiger partial charge < -0.3 is 9.80 Å². The minimum atomic E-state index is 0.114. The zero-order chi connectivity index (χ0) is 23.5. The number of anilines is 1. The van der Waals surface area contributed by atoms with E-state index in [2.05, 4.69) is 44.1 Å². The quantitative estimate of drug-likeness (QED) is 0.392. The van der Waals surface area contributed by atoms with Crippen LogP contribution in [0.4, 0.5) is 5.82 Å². The number of likely N-dealkylation sites (N-methyl/N-ethyl adjacent to an activating group) is 1. The fraction of sp³-hybridized carbons (Fsp3) is 0.333. The number of carbonyl (C=O) groups is 1. The lowest BCUT2D eigenvalue weighted by Crippen LogP contribution is -2.39. The Balaban J connectivity index is 1.38. The molecule has 34 heavy (non-hydrogen) atoms. The molecule has 1 aromatic carbocycles. The van der Waals surface area contributed by atoms with Crippen molar-refractivity contribution in [2.75, 3.05) is 31.6 Å². The minimum absolute atomic E-state index is 0.114. The number of aromatic nitrogens is 3. The Hall–Kier alpha value is -3.32. The number of rotatable bonds is 6. The van der Waals surface area contributed by atoms with Crippen LogP contribution < -0.4 is 4.90 Å². The average molecular weight is 472 g/mol. The summed E-state index contributed by atoms with van der Waals surface area (Å²) in [5.74, 6) is 1.37. The van der Waals surface area contributed by atoms with Gasteiger partial charge in [0.15, 0.2) is 0 Å². The Morgan fingerprint density at radius 2 is 1.94 bits per heavy atom. The third kappa shape index (κ3) is 4.53. The molecule has 1 aliphatic rings. The summed E-state index contributed by atoms with van der Waals surface area (Å²) in [7, 11) is 2.04. The largest absolute Gasteiger partial charge is 0.359 e. The van der Waals surface area contributed by atoms with Gasteiger partial charge in [-0.3, -0.25) is 9.78 Å². The minimum Gasteiger partial charge on any atom is -0.359 e. The molecule has 0 unspecified atom stereocenters. The second-order valence-electron chi connectivity index (χ2n) is 8.93. The number of nitrogens with zero attached hydrogens (tertiary/aromatic N) is 5. The topological polar surface area (TPSA) is 62.2 Å². The molecule has 174 valence electrons. The van der Waals surface area contributed by atoms with Crippen molar-refractivity contribution in [2.45, 2.75) is 32.1 Å². The van der Waals surface area contributed by atoms with Crippen LogP contribution in [0.5, 0.6) is 0 Å². The van der Waals surface area contributed by atoms with Crippen molar-refractivity contribution in [2.24, 2.45) is 0 Å². The number of aryl methyl sites for hydroxylation is 1. The molecule has 0 N–H and O–H groups in total. The van der Waals surface area contributed by atoms with Gasteiger partial charge in [0.25, 0.3) is 5.91 Å². The first-order valence-electron chi connectivity index (χ1n) is 11.8. The molecule has 7 heteroatoms. The van der Waals surface area contributed by atoms with Gasteiger partial charge in [0, 0.05) is 50.9 Å². The number of thiophene rings is 1. The van der Waals surface area contributed by atoms with E-state index < -0.39 is 0 Å². The molecule has 0 aliphatic carbocycles. The van der Waals surface area contributed by atoms with E-state index in [0.717, 1.165) is 71.1 Å². The van der Waals surface area contributed by atoms with Crippen LogP contribution in [0.25, 0.3) is 10.2 Å². The van der Waals surface area contributed by atoms with Gasteiger partial charge in [-0.15, -0.1) is 11.3 Å². The number of carbonyl (C=O) groups excluding carboxylic acids is 1. The molecule has 1 amide bonds. The van der Waals surface area contributed by atoms with Gasteiger partial charge in [0.05, 0.1) is 10.3 Å². The molecule has 0 radical (unpaired) electrons. The van der Waals surface area contributed by atoms with Crippen LogP contribution >= 0.6 is 11.3 Å². The molecular formula is C27H29N5OS. The highest BCUT2D eigenvalue weighted by Crippen LogP contribution is 2.36. The molecule has 1 saturated heterocycles. The predicted octanol–water partition coefficient (Wildman–Crippen LogP) is 5.09. The van der Waals surface area contributed by atoms with E-state index in [1.807, 2.05) is 49.3 Å². The molecule has 1 atom stereocenters. The summed E-state index contributed by atoms with van der Waals surface area (Å²) in [4.78, 5) is 33.0. The maximum absolute atomic E-state index is 13.6. The van der Waals surface area contributed by atoms with E-state index in [4.69, 9.17) is 0 Å². The number of pyridine rings is 1. The van der Waals surface area contributed by atoms with E-state index in [9.17, 15) is 4.79 Å². The smallest absolute Gasteiger partial charge is 0.264 e. The van der Waals surface area contributed by atoms with Crippen LogP contribution in [0.3, 0.4) is 0 Å². The lowest BCUT2D eigenvalue weighted by atomic mass is 9.90. The van der Waals surface area contributed by atoms with Gasteiger partial charge in [0.2, 0.25) is 0 Å². The van der Waals surface area contributed by atoms with Gasteiger partial charge in [-0.2, -0.15) is 0 Å². The average Bonchev–Trinajstić information content (AvgIpc) is 3.24. The number of hydrogen-bond donors (Lipinski definition) is 0. The maximum atomic E-state index is 13.6. The second-order valence-corrected chi connectivity index (χ2v) is 9.93. The first-order valence-corrected chi connectivity index (χ1v) is 12.6. The Morgan fingerprint density at radius 1 is 1.12 bits per heavy atom. The summed E-state index contributed by atoms with van der Waals surface area (Å²) in [6.07, 6.45) is 6.40. The normalized spacial score (nSPS) is 16.1. The summed E-state index contributed by atoms with van der Waals surface area (Å²) in [6.45, 7) is 4.38. The third-order valence-electron chi connectivity index (χ3n) is 6.67. The molecule has 1 aliphatic heterocycles. The van der Waals surface area contributed by atoms with E-state index >= 15 is 0 Å². The SMILES string of the molecule is Cc1c(C(=O)N2CCC[C@@H](c3ccccc3)C2)sc2ncnc(N(C)CCc3ccccn3)c12. The third-order valence-corrected chi connectivity index (χ3v) is 7.86. The van der Waals surface area contributed by atoms with Crippen molar-refractivity contribution in [3.63, 3.8) is 0 Å². The molecule has 6 nitrogen and oxygen atoms in total. The number of benzene rings is 1. The molecule has 0 bridgehead atoms. The molecule has 4 heterocycles. The Labute approximate surface area is 204 Å². The molecule has 4 aromatic rings. The van der Waals surface area contributed by atoms with Crippen LogP contribution in [-0.4, -0.2) is 52.4 Å². The van der Waals surface area contributed by atoms with Crippen molar-refractivity contribution in [1.82, 2.24) is 19.9 Å². The van der Waals surface area contributed by atoms with Crippen LogP contribution in [0.15, 0.2) is 61.1 Å². The Bertz CT molecular complexity index is 1270. The lowest BCUT2D eigenvalue weighted by Gasteiger charge is -2.33. The summed E-state index contributed by atoms with van der Waals surface area (Å²) < 4.78 is 0. The van der Waals surface area contributed by atoms with Gasteiger partial charge in [-0.1, -0.05) is 36.4 Å². The zero-order valence-electron chi connectivity index (χ0n) is 19.6. The van der Waals surface area contributed by atoms with Crippen LogP contribution in [0, 0.1) is 6.92 Å². The van der Waals surface area contributed by atoms with Crippen LogP contribution in [-0.2, 0) is 6.42 Å². The van der Waals surface area contributed by atoms with Crippen molar-refractivity contribution in [1.29, 1.82) is 0 Å².